The van der Waals surface area contributed by atoms with E-state index in [1.807, 2.05) is 0 Å². The van der Waals surface area contributed by atoms with Crippen LogP contribution < -0.4 is 20.1 Å². The number of ketones is 1. The molecule has 29 heavy (non-hydrogen) atoms. The van der Waals surface area contributed by atoms with Crippen molar-refractivity contribution in [3.8, 4) is 11.5 Å². The lowest BCUT2D eigenvalue weighted by Crippen LogP contribution is -2.46. The van der Waals surface area contributed by atoms with Gasteiger partial charge in [0.1, 0.15) is 11.5 Å². The fourth-order valence-corrected chi connectivity index (χ4v) is 2.77. The van der Waals surface area contributed by atoms with Crippen molar-refractivity contribution in [1.82, 2.24) is 5.32 Å². The van der Waals surface area contributed by atoms with E-state index in [0.717, 1.165) is 0 Å². The van der Waals surface area contributed by atoms with Gasteiger partial charge >= 0.3 is 0 Å². The second-order valence-corrected chi connectivity index (χ2v) is 6.40. The third kappa shape index (κ3) is 4.89. The van der Waals surface area contributed by atoms with Gasteiger partial charge in [0.2, 0.25) is 5.78 Å². The van der Waals surface area contributed by atoms with Crippen molar-refractivity contribution in [2.45, 2.75) is 6.17 Å². The number of rotatable bonds is 8. The first-order chi connectivity index (χ1) is 14.0. The fourth-order valence-electron chi connectivity index (χ4n) is 2.64. The zero-order valence-corrected chi connectivity index (χ0v) is 16.5. The normalized spacial score (nSPS) is 11.4. The summed E-state index contributed by atoms with van der Waals surface area (Å²) >= 11 is 5.91. The van der Waals surface area contributed by atoms with Gasteiger partial charge in [-0.15, -0.1) is 0 Å². The molecule has 0 spiro atoms. The number of methoxy groups -OCH3 is 2. The lowest BCUT2D eigenvalue weighted by Gasteiger charge is -2.21. The minimum atomic E-state index is -1.10. The Kier molecular flexibility index (Phi) is 6.41. The number of Topliss-reactive ketones (excluding diaryl/α,β-unsaturated/α-hetero) is 1. The predicted octanol–water partition coefficient (Wildman–Crippen LogP) is 4.00. The maximum absolute atomic E-state index is 13.1. The summed E-state index contributed by atoms with van der Waals surface area (Å²) in [7, 11) is 3.03. The Balaban J connectivity index is 1.93. The smallest absolute Gasteiger partial charge is 0.288 e. The number of nitrogens with one attached hydrogen (secondary N) is 2. The number of hydrogen-bond donors (Lipinski definition) is 2. The molecule has 0 bridgehead atoms. The number of amides is 1. The zero-order valence-electron chi connectivity index (χ0n) is 15.8. The molecule has 0 aliphatic carbocycles. The average molecular weight is 415 g/mol. The summed E-state index contributed by atoms with van der Waals surface area (Å²) < 4.78 is 15.7. The van der Waals surface area contributed by atoms with Crippen molar-refractivity contribution >= 4 is 29.0 Å². The summed E-state index contributed by atoms with van der Waals surface area (Å²) in [6.45, 7) is 0. The lowest BCUT2D eigenvalue weighted by atomic mass is 10.1. The number of benzene rings is 2. The molecule has 0 aliphatic rings. The average Bonchev–Trinajstić information content (AvgIpc) is 3.28. The van der Waals surface area contributed by atoms with E-state index in [-0.39, 0.29) is 11.5 Å². The van der Waals surface area contributed by atoms with Gasteiger partial charge in [-0.2, -0.15) is 0 Å². The largest absolute Gasteiger partial charge is 0.497 e. The van der Waals surface area contributed by atoms with E-state index in [0.29, 0.717) is 27.8 Å². The van der Waals surface area contributed by atoms with E-state index < -0.39 is 12.1 Å². The van der Waals surface area contributed by atoms with Crippen molar-refractivity contribution in [3.63, 3.8) is 0 Å². The molecule has 1 amide bonds. The van der Waals surface area contributed by atoms with Crippen LogP contribution in [0.3, 0.4) is 0 Å². The number of ether oxygens (including phenoxy) is 2. The Labute approximate surface area is 172 Å². The van der Waals surface area contributed by atoms with Crippen LogP contribution in [0.1, 0.15) is 20.9 Å². The molecular weight excluding hydrogens is 396 g/mol. The van der Waals surface area contributed by atoms with E-state index in [9.17, 15) is 9.59 Å². The SMILES string of the molecule is COc1ccc(OC)c(N[C@H](NC(=O)c2ccco2)C(=O)c2ccc(Cl)cc2)c1. The monoisotopic (exact) mass is 414 g/mol. The molecular formula is C21H19ClN2O5. The van der Waals surface area contributed by atoms with E-state index in [2.05, 4.69) is 10.6 Å². The molecule has 1 atom stereocenters. The van der Waals surface area contributed by atoms with Crippen molar-refractivity contribution in [2.75, 3.05) is 19.5 Å². The number of anilines is 1. The highest BCUT2D eigenvalue weighted by Gasteiger charge is 2.25. The Morgan fingerprint density at radius 2 is 1.79 bits per heavy atom. The molecule has 0 radical (unpaired) electrons. The second kappa shape index (κ2) is 9.16. The Bertz CT molecular complexity index is 987. The lowest BCUT2D eigenvalue weighted by molar-refractivity contribution is 0.0852. The summed E-state index contributed by atoms with van der Waals surface area (Å²) in [6.07, 6.45) is 0.276. The van der Waals surface area contributed by atoms with Crippen molar-refractivity contribution < 1.29 is 23.5 Å². The molecule has 8 heteroatoms. The van der Waals surface area contributed by atoms with Crippen molar-refractivity contribution in [2.24, 2.45) is 0 Å². The van der Waals surface area contributed by atoms with Gasteiger partial charge in [-0.1, -0.05) is 11.6 Å². The van der Waals surface area contributed by atoms with E-state index >= 15 is 0 Å². The minimum absolute atomic E-state index is 0.0818. The van der Waals surface area contributed by atoms with E-state index in [4.69, 9.17) is 25.5 Å². The number of carbonyl (C=O) groups is 2. The van der Waals surface area contributed by atoms with Gasteiger partial charge in [0.15, 0.2) is 11.9 Å². The van der Waals surface area contributed by atoms with Gasteiger partial charge in [-0.05, 0) is 48.5 Å². The Morgan fingerprint density at radius 1 is 1.03 bits per heavy atom. The molecule has 0 aliphatic heterocycles. The summed E-state index contributed by atoms with van der Waals surface area (Å²) in [4.78, 5) is 25.6. The summed E-state index contributed by atoms with van der Waals surface area (Å²) in [5.41, 5.74) is 0.840. The topological polar surface area (TPSA) is 89.8 Å². The number of hydrogen-bond acceptors (Lipinski definition) is 6. The first-order valence-corrected chi connectivity index (χ1v) is 9.02. The molecule has 1 aromatic heterocycles. The quantitative estimate of drug-likeness (QED) is 0.427. The Morgan fingerprint density at radius 3 is 2.41 bits per heavy atom. The number of carbonyl (C=O) groups excluding carboxylic acids is 2. The molecule has 0 saturated carbocycles. The molecule has 2 aromatic carbocycles. The number of furan rings is 1. The highest BCUT2D eigenvalue weighted by molar-refractivity contribution is 6.30. The first-order valence-electron chi connectivity index (χ1n) is 8.64. The molecule has 1 heterocycles. The van der Waals surface area contributed by atoms with Crippen molar-refractivity contribution in [3.05, 3.63) is 77.2 Å². The van der Waals surface area contributed by atoms with Gasteiger partial charge in [-0.25, -0.2) is 0 Å². The van der Waals surface area contributed by atoms with Gasteiger partial charge in [0.25, 0.3) is 5.91 Å². The van der Waals surface area contributed by atoms with Gasteiger partial charge < -0.3 is 24.5 Å². The fraction of sp³-hybridized carbons (Fsp3) is 0.143. The molecule has 0 saturated heterocycles. The zero-order chi connectivity index (χ0) is 20.8. The van der Waals surface area contributed by atoms with Gasteiger partial charge in [0, 0.05) is 16.7 Å². The van der Waals surface area contributed by atoms with Crippen LogP contribution in [0.4, 0.5) is 5.69 Å². The molecule has 2 N–H and O–H groups in total. The number of halogens is 1. The van der Waals surface area contributed by atoms with Crippen LogP contribution in [0.15, 0.2) is 65.3 Å². The molecule has 150 valence electrons. The third-order valence-electron chi connectivity index (χ3n) is 4.12. The summed E-state index contributed by atoms with van der Waals surface area (Å²) in [5.74, 6) is 0.205. The maximum atomic E-state index is 13.1. The summed E-state index contributed by atoms with van der Waals surface area (Å²) in [5, 5.41) is 6.16. The van der Waals surface area contributed by atoms with Crippen LogP contribution in [0, 0.1) is 0 Å². The predicted molar refractivity (Wildman–Crippen MR) is 109 cm³/mol. The van der Waals surface area contributed by atoms with Crippen molar-refractivity contribution in [1.29, 1.82) is 0 Å². The molecule has 0 unspecified atom stereocenters. The van der Waals surface area contributed by atoms with E-state index in [1.54, 1.807) is 48.5 Å². The van der Waals surface area contributed by atoms with Crippen LogP contribution in [0.25, 0.3) is 0 Å². The highest BCUT2D eigenvalue weighted by Crippen LogP contribution is 2.29. The van der Waals surface area contributed by atoms with Crippen LogP contribution in [0.5, 0.6) is 11.5 Å². The van der Waals surface area contributed by atoms with Crippen LogP contribution in [-0.2, 0) is 0 Å². The maximum Gasteiger partial charge on any atom is 0.288 e. The minimum Gasteiger partial charge on any atom is -0.497 e. The third-order valence-corrected chi connectivity index (χ3v) is 4.37. The first kappa shape index (κ1) is 20.3. The highest BCUT2D eigenvalue weighted by atomic mass is 35.5. The van der Waals surface area contributed by atoms with Crippen LogP contribution in [-0.4, -0.2) is 32.1 Å². The molecule has 0 fully saturated rings. The van der Waals surface area contributed by atoms with Gasteiger partial charge in [0.05, 0.1) is 26.2 Å². The van der Waals surface area contributed by atoms with Gasteiger partial charge in [-0.3, -0.25) is 9.59 Å². The molecule has 3 rings (SSSR count). The standard InChI is InChI=1S/C21H19ClN2O5/c1-27-15-9-10-17(28-2)16(12-15)23-20(24-21(26)18-4-3-11-29-18)19(25)13-5-7-14(22)8-6-13/h3-12,20,23H,1-2H3,(H,24,26)/t20-/m1/s1. The van der Waals surface area contributed by atoms with Crippen LogP contribution in [0.2, 0.25) is 5.02 Å². The molecule has 7 nitrogen and oxygen atoms in total. The Hall–Kier alpha value is -3.45. The second-order valence-electron chi connectivity index (χ2n) is 5.97. The molecule has 3 aromatic rings. The van der Waals surface area contributed by atoms with Crippen LogP contribution >= 0.6 is 11.6 Å². The van der Waals surface area contributed by atoms with E-state index in [1.165, 1.54) is 26.5 Å². The summed E-state index contributed by atoms with van der Waals surface area (Å²) in [6, 6.07) is 14.6.